The van der Waals surface area contributed by atoms with E-state index in [2.05, 4.69) is 47.8 Å². The van der Waals surface area contributed by atoms with Crippen molar-refractivity contribution < 1.29 is 43.0 Å². The molecule has 0 aliphatic rings. The van der Waals surface area contributed by atoms with E-state index in [1.165, 1.54) is 0 Å². The number of halogens is 6. The fraction of sp³-hybridized carbons (Fsp3) is 0.446. The Balaban J connectivity index is 0.000000586. The molecule has 0 bridgehead atoms. The second kappa shape index (κ2) is 39.4. The van der Waals surface area contributed by atoms with Gasteiger partial charge in [-0.15, -0.1) is 0 Å². The molecule has 0 atom stereocenters. The number of alkyl halides is 1. The lowest BCUT2D eigenvalue weighted by Gasteiger charge is -2.20. The molecule has 5 aromatic rings. The molecule has 5 aromatic carbocycles. The molecule has 0 saturated carbocycles. The maximum absolute atomic E-state index is 11.9. The highest BCUT2D eigenvalue weighted by Crippen LogP contribution is 2.31. The number of hydrogen-bond donors (Lipinski definition) is 10. The number of nitrogens with two attached hydrogens (primary N) is 4. The van der Waals surface area contributed by atoms with E-state index in [-0.39, 0.29) is 29.6 Å². The van der Waals surface area contributed by atoms with Gasteiger partial charge < -0.3 is 78.8 Å². The highest BCUT2D eigenvalue weighted by atomic mass is 79.9. The second-order valence-electron chi connectivity index (χ2n) is 24.7. The van der Waals surface area contributed by atoms with Crippen molar-refractivity contribution in [2.75, 3.05) is 74.0 Å². The van der Waals surface area contributed by atoms with Gasteiger partial charge in [-0.05, 0) is 211 Å². The third-order valence-electron chi connectivity index (χ3n) is 11.6. The summed E-state index contributed by atoms with van der Waals surface area (Å²) in [6.45, 7) is 28.1. The molecule has 21 nitrogen and oxygen atoms in total. The number of ether oxygens (including phenoxy) is 3. The van der Waals surface area contributed by atoms with E-state index >= 15 is 0 Å². The number of nitrogen functional groups attached to an aromatic ring is 2. The molecular weight excluding hydrogens is 1350 g/mol. The number of amides is 6. The number of nitrogens with one attached hydrogen (secondary N) is 6. The Hall–Kier alpha value is -6.31. The zero-order valence-electron chi connectivity index (χ0n) is 56.1. The van der Waals surface area contributed by atoms with Crippen molar-refractivity contribution in [2.45, 2.75) is 146 Å². The van der Waals surface area contributed by atoms with Gasteiger partial charge in [-0.2, -0.15) is 0 Å². The van der Waals surface area contributed by atoms with Crippen LogP contribution >= 0.6 is 73.9 Å². The van der Waals surface area contributed by atoms with Crippen molar-refractivity contribution in [1.29, 1.82) is 0 Å². The number of carbonyl (C=O) groups is 6. The minimum Gasteiger partial charge on any atom is -0.444 e. The highest BCUT2D eigenvalue weighted by molar-refractivity contribution is 9.09. The van der Waals surface area contributed by atoms with Crippen molar-refractivity contribution in [1.82, 2.24) is 25.8 Å². The van der Waals surface area contributed by atoms with Crippen molar-refractivity contribution in [2.24, 2.45) is 11.5 Å². The van der Waals surface area contributed by atoms with Crippen molar-refractivity contribution in [3.05, 3.63) is 141 Å². The van der Waals surface area contributed by atoms with Gasteiger partial charge in [0.2, 0.25) is 17.7 Å². The van der Waals surface area contributed by atoms with Crippen LogP contribution in [0.25, 0.3) is 0 Å². The topological polar surface area (TPSA) is 313 Å². The van der Waals surface area contributed by atoms with Gasteiger partial charge in [-0.3, -0.25) is 14.4 Å². The third kappa shape index (κ3) is 34.0. The Morgan fingerprint density at radius 1 is 0.413 bits per heavy atom. The Morgan fingerprint density at radius 3 is 0.902 bits per heavy atom. The van der Waals surface area contributed by atoms with Crippen LogP contribution in [0.1, 0.15) is 118 Å². The number of likely N-dealkylation sites (N-methyl/N-ethyl adjacent to an activating group) is 2. The zero-order chi connectivity index (χ0) is 70.8. The number of benzene rings is 5. The Kier molecular flexibility index (Phi) is 35.9. The molecule has 0 aromatic heterocycles. The van der Waals surface area contributed by atoms with Gasteiger partial charge >= 0.3 is 18.3 Å². The van der Waals surface area contributed by atoms with Crippen LogP contribution in [0.2, 0.25) is 25.1 Å². The number of hydrogen-bond acceptors (Lipinski definition) is 15. The van der Waals surface area contributed by atoms with E-state index in [0.717, 1.165) is 55.6 Å². The molecule has 0 aliphatic heterocycles. The molecule has 0 unspecified atom stereocenters. The molecule has 6 amide bonds. The van der Waals surface area contributed by atoms with E-state index in [9.17, 15) is 28.8 Å². The molecule has 0 fully saturated rings. The normalized spacial score (nSPS) is 11.0. The van der Waals surface area contributed by atoms with Crippen LogP contribution < -0.4 is 54.8 Å². The molecule has 14 N–H and O–H groups in total. The Morgan fingerprint density at radius 2 is 0.652 bits per heavy atom. The van der Waals surface area contributed by atoms with Crippen LogP contribution in [-0.2, 0) is 61.3 Å². The summed E-state index contributed by atoms with van der Waals surface area (Å²) in [6, 6.07) is 18.2. The molecule has 0 saturated heterocycles. The van der Waals surface area contributed by atoms with Crippen LogP contribution in [0.5, 0.6) is 0 Å². The number of rotatable bonds is 16. The van der Waals surface area contributed by atoms with Crippen LogP contribution in [0.3, 0.4) is 0 Å². The largest absolute Gasteiger partial charge is 0.444 e. The van der Waals surface area contributed by atoms with E-state index in [1.807, 2.05) is 114 Å². The van der Waals surface area contributed by atoms with Gasteiger partial charge in [0.05, 0.1) is 72.0 Å². The van der Waals surface area contributed by atoms with E-state index in [1.54, 1.807) is 81.7 Å². The van der Waals surface area contributed by atoms with Gasteiger partial charge in [-0.25, -0.2) is 14.4 Å². The van der Waals surface area contributed by atoms with Gasteiger partial charge in [-0.1, -0.05) is 104 Å². The minimum absolute atomic E-state index is 0.0829. The number of alkyl carbamates (subject to hydrolysis) is 3. The van der Waals surface area contributed by atoms with Gasteiger partial charge in [0.25, 0.3) is 0 Å². The smallest absolute Gasteiger partial charge is 0.407 e. The van der Waals surface area contributed by atoms with E-state index in [0.29, 0.717) is 92.8 Å². The maximum Gasteiger partial charge on any atom is 0.407 e. The highest BCUT2D eigenvalue weighted by Gasteiger charge is 2.20. The fourth-order valence-corrected chi connectivity index (χ4v) is 9.41. The molecule has 0 radical (unpaired) electrons. The molecule has 510 valence electrons. The number of aryl methyl sites for hydroxylation is 5. The average molecular weight is 1440 g/mol. The average Bonchev–Trinajstić information content (AvgIpc) is 1.26. The van der Waals surface area contributed by atoms with Crippen molar-refractivity contribution in [3.63, 3.8) is 0 Å². The summed E-state index contributed by atoms with van der Waals surface area (Å²) < 4.78 is 15.5. The molecular formula is C65H94BrCl5N12O9. The summed E-state index contributed by atoms with van der Waals surface area (Å²) in [5.74, 6) is -0.394. The van der Waals surface area contributed by atoms with Crippen LogP contribution in [-0.4, -0.2) is 109 Å². The van der Waals surface area contributed by atoms with Gasteiger partial charge in [0.15, 0.2) is 0 Å². The predicted octanol–water partition coefficient (Wildman–Crippen LogP) is 13.7. The van der Waals surface area contributed by atoms with Crippen molar-refractivity contribution in [3.8, 4) is 0 Å². The summed E-state index contributed by atoms with van der Waals surface area (Å²) in [4.78, 5) is 73.3. The summed E-state index contributed by atoms with van der Waals surface area (Å²) in [6.07, 6.45) is -1.43. The summed E-state index contributed by atoms with van der Waals surface area (Å²) in [5, 5.41) is 19.0. The third-order valence-corrected chi connectivity index (χ3v) is 13.7. The van der Waals surface area contributed by atoms with Gasteiger partial charge in [0, 0.05) is 32.7 Å². The number of nitrogens with zero attached hydrogens (tertiary/aromatic N) is 2. The SMILES string of the molecule is Cc1cc(CN)cc(Cl)c1N.Cc1cc(CN)cc(Cl)c1NC(=O)CN(C)C.Cc1cc(CNC(=O)OC(C)(C)C)cc(Cl)c1N.Cc1cc(CNC(=O)OC(C)(C)C)cc(Cl)c1NC(=O)CBr.Cc1cc(CNC(=O)OC(C)(C)C)cc(Cl)c1NC(=O)CN(C)C. The lowest BCUT2D eigenvalue weighted by Crippen LogP contribution is -2.32. The second-order valence-corrected chi connectivity index (χ2v) is 27.3. The van der Waals surface area contributed by atoms with E-state index in [4.69, 9.17) is 95.1 Å². The van der Waals surface area contributed by atoms with Gasteiger partial charge in [0.1, 0.15) is 16.8 Å². The lowest BCUT2D eigenvalue weighted by atomic mass is 10.1. The molecule has 92 heavy (non-hydrogen) atoms. The standard InChI is InChI=1S/C17H26ClN3O3.C15H20BrClN2O3.C13H19ClN2O2.C12H18ClN3O.C8H11ClN2/c1-11-7-12(9-19-16(23)24-17(2,3)4)8-13(18)15(11)20-14(22)10-21(5)6;1-9-5-10(8-18-14(21)22-15(2,3)4)6-11(17)13(9)19-12(20)7-16;1-8-5-9(6-10(14)11(8)15)7-16-12(17)18-13(2,3)4;1-8-4-9(6-14)5-10(13)12(8)15-11(17)7-16(2)3;1-5-2-6(4-10)3-7(9)8(5)11/h7-8H,9-10H2,1-6H3,(H,19,23)(H,20,22);5-6H,7-8H2,1-4H3,(H,18,21)(H,19,20);5-6H,7,15H2,1-4H3,(H,16,17);4-5H,6-7,14H2,1-3H3,(H,15,17);2-3H,4,10-11H2,1H3. The first-order valence-electron chi connectivity index (χ1n) is 28.9. The summed E-state index contributed by atoms with van der Waals surface area (Å²) >= 11 is 33.4. The van der Waals surface area contributed by atoms with Crippen molar-refractivity contribution >= 4 is 138 Å². The summed E-state index contributed by atoms with van der Waals surface area (Å²) in [7, 11) is 7.32. The lowest BCUT2D eigenvalue weighted by molar-refractivity contribution is -0.117. The zero-order valence-corrected chi connectivity index (χ0v) is 61.4. The van der Waals surface area contributed by atoms with Crippen LogP contribution in [0.4, 0.5) is 42.8 Å². The quantitative estimate of drug-likeness (QED) is 0.0249. The molecule has 0 spiro atoms. The Bertz CT molecular complexity index is 3200. The molecule has 0 heterocycles. The molecule has 5 rings (SSSR count). The number of carbonyl (C=O) groups excluding carboxylic acids is 6. The summed E-state index contributed by atoms with van der Waals surface area (Å²) in [5.41, 5.74) is 32.8. The predicted molar refractivity (Wildman–Crippen MR) is 382 cm³/mol. The first kappa shape index (κ1) is 83.7. The maximum atomic E-state index is 11.9. The van der Waals surface area contributed by atoms with Crippen LogP contribution in [0, 0.1) is 34.6 Å². The first-order valence-corrected chi connectivity index (χ1v) is 31.9. The number of anilines is 5. The monoisotopic (exact) mass is 1440 g/mol. The van der Waals surface area contributed by atoms with E-state index < -0.39 is 35.1 Å². The fourth-order valence-electron chi connectivity index (χ4n) is 7.69. The van der Waals surface area contributed by atoms with Crippen LogP contribution in [0.15, 0.2) is 60.7 Å². The Labute approximate surface area is 576 Å². The first-order chi connectivity index (χ1) is 42.4. The minimum atomic E-state index is -0.543. The molecule has 0 aliphatic carbocycles. The molecule has 27 heteroatoms.